The molecule has 0 aliphatic rings. The maximum Gasteiger partial charge on any atom is 2.00 e. The SMILES string of the molecule is CC(=O)[O-].CC(=O)[O-].[Pd+2].c1ccc(P(CCP(c2ccccc2)c2ccccc2)c2ccccc2)cc1. The number of hydrogen-bond donors (Lipinski definition) is 0. The fourth-order valence-corrected chi connectivity index (χ4v) is 8.80. The molecule has 0 bridgehead atoms. The molecule has 0 N–H and O–H groups in total. The van der Waals surface area contributed by atoms with Gasteiger partial charge in [-0.15, -0.1) is 0 Å². The molecule has 4 aromatic rings. The van der Waals surface area contributed by atoms with Crippen molar-refractivity contribution in [1.29, 1.82) is 0 Å². The molecule has 0 fully saturated rings. The van der Waals surface area contributed by atoms with Crippen LogP contribution in [0.4, 0.5) is 0 Å². The summed E-state index contributed by atoms with van der Waals surface area (Å²) in [6.07, 6.45) is 2.41. The molecule has 0 atom stereocenters. The summed E-state index contributed by atoms with van der Waals surface area (Å²) in [6, 6.07) is 44.2. The molecule has 0 unspecified atom stereocenters. The molecule has 0 saturated carbocycles. The first-order chi connectivity index (χ1) is 17.4. The van der Waals surface area contributed by atoms with Gasteiger partial charge >= 0.3 is 20.4 Å². The van der Waals surface area contributed by atoms with E-state index in [4.69, 9.17) is 19.8 Å². The third kappa shape index (κ3) is 12.9. The first-order valence-corrected chi connectivity index (χ1v) is 14.5. The summed E-state index contributed by atoms with van der Waals surface area (Å²) in [4.78, 5) is 17.8. The van der Waals surface area contributed by atoms with E-state index in [-0.39, 0.29) is 36.3 Å². The molecular formula is C30H30O4P2Pd. The van der Waals surface area contributed by atoms with Crippen LogP contribution < -0.4 is 31.4 Å². The second kappa shape index (κ2) is 18.6. The van der Waals surface area contributed by atoms with Crippen LogP contribution in [0, 0.1) is 0 Å². The molecule has 37 heavy (non-hydrogen) atoms. The van der Waals surface area contributed by atoms with Gasteiger partial charge in [0.2, 0.25) is 0 Å². The zero-order valence-electron chi connectivity index (χ0n) is 20.8. The van der Waals surface area contributed by atoms with Crippen LogP contribution >= 0.6 is 15.8 Å². The summed E-state index contributed by atoms with van der Waals surface area (Å²) in [5.74, 6) is -2.17. The molecule has 4 aromatic carbocycles. The van der Waals surface area contributed by atoms with Crippen molar-refractivity contribution in [2.75, 3.05) is 12.3 Å². The van der Waals surface area contributed by atoms with E-state index < -0.39 is 11.9 Å². The Kier molecular flexibility index (Phi) is 16.2. The Morgan fingerprint density at radius 2 is 0.649 bits per heavy atom. The van der Waals surface area contributed by atoms with Crippen molar-refractivity contribution in [3.63, 3.8) is 0 Å². The fourth-order valence-electron chi connectivity index (χ4n) is 3.45. The molecule has 7 heteroatoms. The molecule has 194 valence electrons. The van der Waals surface area contributed by atoms with Gasteiger partial charge in [0.1, 0.15) is 0 Å². The summed E-state index contributed by atoms with van der Waals surface area (Å²) in [6.45, 7) is 1.94. The van der Waals surface area contributed by atoms with Crippen LogP contribution in [0.2, 0.25) is 0 Å². The van der Waals surface area contributed by atoms with Gasteiger partial charge in [-0.3, -0.25) is 0 Å². The van der Waals surface area contributed by atoms with Gasteiger partial charge in [-0.2, -0.15) is 0 Å². The van der Waals surface area contributed by atoms with Gasteiger partial charge in [-0.05, 0) is 63.2 Å². The Labute approximate surface area is 235 Å². The van der Waals surface area contributed by atoms with Gasteiger partial charge in [0.05, 0.1) is 0 Å². The Bertz CT molecular complexity index is 979. The normalized spacial score (nSPS) is 9.73. The number of hydrogen-bond acceptors (Lipinski definition) is 4. The molecule has 4 nitrogen and oxygen atoms in total. The van der Waals surface area contributed by atoms with Crippen LogP contribution in [0.25, 0.3) is 0 Å². The first kappa shape index (κ1) is 32.4. The predicted molar refractivity (Wildman–Crippen MR) is 149 cm³/mol. The largest absolute Gasteiger partial charge is 2.00 e. The van der Waals surface area contributed by atoms with Gasteiger partial charge in [-0.1, -0.05) is 121 Å². The van der Waals surface area contributed by atoms with E-state index in [0.29, 0.717) is 0 Å². The molecule has 0 aliphatic heterocycles. The Morgan fingerprint density at radius 3 is 0.811 bits per heavy atom. The fraction of sp³-hybridized carbons (Fsp3) is 0.133. The zero-order chi connectivity index (χ0) is 26.2. The van der Waals surface area contributed by atoms with Crippen molar-refractivity contribution >= 4 is 49.0 Å². The average molecular weight is 623 g/mol. The predicted octanol–water partition coefficient (Wildman–Crippen LogP) is 2.76. The third-order valence-electron chi connectivity index (χ3n) is 4.82. The van der Waals surface area contributed by atoms with E-state index in [2.05, 4.69) is 121 Å². The summed E-state index contributed by atoms with van der Waals surface area (Å²) in [5, 5.41) is 23.7. The van der Waals surface area contributed by atoms with Gasteiger partial charge in [-0.25, -0.2) is 0 Å². The van der Waals surface area contributed by atoms with Crippen molar-refractivity contribution in [2.24, 2.45) is 0 Å². The van der Waals surface area contributed by atoms with Crippen molar-refractivity contribution in [3.8, 4) is 0 Å². The van der Waals surface area contributed by atoms with Gasteiger partial charge in [0, 0.05) is 11.9 Å². The molecule has 0 radical (unpaired) electrons. The van der Waals surface area contributed by atoms with Crippen LogP contribution in [-0.2, 0) is 30.0 Å². The van der Waals surface area contributed by atoms with Crippen LogP contribution in [0.5, 0.6) is 0 Å². The number of carboxylic acids is 2. The van der Waals surface area contributed by atoms with Crippen LogP contribution in [0.3, 0.4) is 0 Å². The maximum absolute atomic E-state index is 8.89. The van der Waals surface area contributed by atoms with E-state index in [1.165, 1.54) is 33.5 Å². The van der Waals surface area contributed by atoms with Gasteiger partial charge in [0.25, 0.3) is 0 Å². The number of rotatable bonds is 7. The topological polar surface area (TPSA) is 80.3 Å². The minimum Gasteiger partial charge on any atom is -0.550 e. The van der Waals surface area contributed by atoms with E-state index in [0.717, 1.165) is 13.8 Å². The smallest absolute Gasteiger partial charge is 0.550 e. The van der Waals surface area contributed by atoms with E-state index in [1.807, 2.05) is 0 Å². The minimum atomic E-state index is -1.08. The maximum atomic E-state index is 8.89. The standard InChI is InChI=1S/C26H24P2.2C2H4O2.Pd/c1-5-13-23(14-6-1)27(24-15-7-2-8-16-24)21-22-28(25-17-9-3-10-18-25)26-19-11-4-12-20-26;2*1-2(3)4;/h1-20H,21-22H2;2*1H3,(H,3,4);/q;;;+2/p-2. The zero-order valence-corrected chi connectivity index (χ0v) is 24.1. The van der Waals surface area contributed by atoms with Crippen LogP contribution in [-0.4, -0.2) is 24.3 Å². The third-order valence-corrected chi connectivity index (χ3v) is 10.2. The molecular weight excluding hydrogens is 593 g/mol. The number of carbonyl (C=O) groups is 2. The van der Waals surface area contributed by atoms with Crippen LogP contribution in [0.1, 0.15) is 13.8 Å². The number of carbonyl (C=O) groups excluding carboxylic acids is 2. The Hall–Kier alpha value is -2.66. The minimum absolute atomic E-state index is 0. The second-order valence-electron chi connectivity index (χ2n) is 7.63. The van der Waals surface area contributed by atoms with Crippen molar-refractivity contribution in [1.82, 2.24) is 0 Å². The molecule has 0 spiro atoms. The van der Waals surface area contributed by atoms with Crippen LogP contribution in [0.15, 0.2) is 121 Å². The van der Waals surface area contributed by atoms with E-state index >= 15 is 0 Å². The Morgan fingerprint density at radius 1 is 0.486 bits per heavy atom. The molecule has 0 amide bonds. The monoisotopic (exact) mass is 622 g/mol. The quantitative estimate of drug-likeness (QED) is 0.235. The van der Waals surface area contributed by atoms with Crippen molar-refractivity contribution in [3.05, 3.63) is 121 Å². The summed E-state index contributed by atoms with van der Waals surface area (Å²) < 4.78 is 0. The molecule has 0 aromatic heterocycles. The molecule has 0 heterocycles. The first-order valence-electron chi connectivity index (χ1n) is 11.5. The molecule has 0 saturated heterocycles. The molecule has 4 rings (SSSR count). The average Bonchev–Trinajstić information content (AvgIpc) is 2.88. The number of benzene rings is 4. The van der Waals surface area contributed by atoms with Gasteiger partial charge < -0.3 is 19.8 Å². The number of carboxylic acid groups (broad SMARTS) is 2. The van der Waals surface area contributed by atoms with Gasteiger partial charge in [0.15, 0.2) is 0 Å². The van der Waals surface area contributed by atoms with Crippen molar-refractivity contribution < 1.29 is 40.2 Å². The Balaban J connectivity index is 0.000000671. The summed E-state index contributed by atoms with van der Waals surface area (Å²) >= 11 is 0. The van der Waals surface area contributed by atoms with Crippen molar-refractivity contribution in [2.45, 2.75) is 13.8 Å². The van der Waals surface area contributed by atoms with E-state index in [9.17, 15) is 0 Å². The number of aliphatic carboxylic acids is 2. The summed E-state index contributed by atoms with van der Waals surface area (Å²) in [7, 11) is -0.696. The molecule has 0 aliphatic carbocycles. The van der Waals surface area contributed by atoms with E-state index in [1.54, 1.807) is 0 Å². The second-order valence-corrected chi connectivity index (χ2v) is 12.3. The summed E-state index contributed by atoms with van der Waals surface area (Å²) in [5.41, 5.74) is 0.